The van der Waals surface area contributed by atoms with Crippen LogP contribution in [0.1, 0.15) is 19.3 Å². The van der Waals surface area contributed by atoms with Gasteiger partial charge < -0.3 is 15.1 Å². The number of nitrogens with one attached hydrogen (secondary N) is 1. The van der Waals surface area contributed by atoms with Crippen LogP contribution in [0.2, 0.25) is 0 Å². The minimum Gasteiger partial charge on any atom is -0.396 e. The zero-order valence-corrected chi connectivity index (χ0v) is 15.8. The molecule has 0 aliphatic carbocycles. The minimum absolute atomic E-state index is 0.00179. The molecule has 0 aromatic rings. The second-order valence-electron chi connectivity index (χ2n) is 7.14. The van der Waals surface area contributed by atoms with Crippen molar-refractivity contribution >= 4 is 22.3 Å². The van der Waals surface area contributed by atoms with Gasteiger partial charge in [0.15, 0.2) is 0 Å². The highest BCUT2D eigenvalue weighted by Gasteiger charge is 2.49. The fraction of sp³-hybridized carbons (Fsp3) is 0.857. The Balaban J connectivity index is 1.51. The molecule has 3 amide bonds. The summed E-state index contributed by atoms with van der Waals surface area (Å²) in [7, 11) is -4.84. The average Bonchev–Trinajstić information content (AvgIpc) is 3.15. The molecule has 28 heavy (non-hydrogen) atoms. The molecule has 4 atom stereocenters. The summed E-state index contributed by atoms with van der Waals surface area (Å²) in [5.74, 6) is -0.532. The second-order valence-corrected chi connectivity index (χ2v) is 8.14. The maximum absolute atomic E-state index is 12.4. The van der Waals surface area contributed by atoms with Crippen LogP contribution in [0.15, 0.2) is 0 Å². The lowest BCUT2D eigenvalue weighted by atomic mass is 10.0. The monoisotopic (exact) mass is 424 g/mol. The summed E-state index contributed by atoms with van der Waals surface area (Å²) in [5, 5.41) is 19.1. The van der Waals surface area contributed by atoms with Gasteiger partial charge in [0.2, 0.25) is 0 Å². The fourth-order valence-corrected chi connectivity index (χ4v) is 4.34. The number of aliphatic hydroxyl groups excluding tert-OH is 2. The molecule has 160 valence electrons. The molecule has 3 aliphatic heterocycles. The molecule has 0 unspecified atom stereocenters. The topological polar surface area (TPSA) is 169 Å². The zero-order chi connectivity index (χ0) is 20.5. The van der Waals surface area contributed by atoms with Crippen LogP contribution in [0, 0.1) is 5.92 Å². The van der Waals surface area contributed by atoms with Crippen LogP contribution in [-0.2, 0) is 24.3 Å². The molecular weight excluding hydrogens is 400 g/mol. The largest absolute Gasteiger partial charge is 0.418 e. The van der Waals surface area contributed by atoms with Gasteiger partial charge in [-0.15, -0.1) is 4.28 Å². The molecule has 4 N–H and O–H groups in total. The van der Waals surface area contributed by atoms with Crippen molar-refractivity contribution in [1.82, 2.24) is 20.3 Å². The van der Waals surface area contributed by atoms with E-state index in [1.165, 1.54) is 0 Å². The van der Waals surface area contributed by atoms with Crippen LogP contribution in [0.25, 0.3) is 0 Å². The number of amides is 3. The maximum atomic E-state index is 12.4. The van der Waals surface area contributed by atoms with Gasteiger partial charge in [0.1, 0.15) is 6.04 Å². The summed E-state index contributed by atoms with van der Waals surface area (Å²) in [6, 6.07) is -2.42. The second kappa shape index (κ2) is 8.44. The lowest BCUT2D eigenvalue weighted by Crippen LogP contribution is -2.50. The highest BCUT2D eigenvalue weighted by molar-refractivity contribution is 7.80. The number of carbonyl (C=O) groups is 2. The number of piperidine rings is 1. The van der Waals surface area contributed by atoms with Crippen LogP contribution in [-0.4, -0.2) is 101 Å². The van der Waals surface area contributed by atoms with Crippen molar-refractivity contribution in [3.63, 3.8) is 0 Å². The molecular formula is C14H24N4O9S. The van der Waals surface area contributed by atoms with E-state index in [0.717, 1.165) is 4.90 Å². The highest BCUT2D eigenvalue weighted by Crippen LogP contribution is 2.30. The van der Waals surface area contributed by atoms with Gasteiger partial charge in [-0.05, 0) is 25.2 Å². The van der Waals surface area contributed by atoms with Gasteiger partial charge in [-0.3, -0.25) is 19.1 Å². The molecule has 3 fully saturated rings. The van der Waals surface area contributed by atoms with E-state index in [1.807, 2.05) is 0 Å². The first-order chi connectivity index (χ1) is 13.2. The Morgan fingerprint density at radius 3 is 2.64 bits per heavy atom. The van der Waals surface area contributed by atoms with E-state index < -0.39 is 34.4 Å². The normalized spacial score (nSPS) is 30.9. The van der Waals surface area contributed by atoms with Crippen molar-refractivity contribution in [2.75, 3.05) is 33.0 Å². The number of hydrogen-bond acceptors (Lipinski definition) is 9. The van der Waals surface area contributed by atoms with Crippen molar-refractivity contribution in [1.29, 1.82) is 0 Å². The molecule has 0 aromatic carbocycles. The summed E-state index contributed by atoms with van der Waals surface area (Å²) in [4.78, 5) is 32.8. The third kappa shape index (κ3) is 4.53. The Hall–Kier alpha value is -1.55. The standard InChI is InChI=1S/C14H24N4O9S/c19-6-9-3-11(16(4-9)8-20)7-26-15-13(21)12-2-1-10-5-17(12)14(22)18(10)27-28(23,24)25/h9-12,19-20H,1-8H2,(H,15,21)(H,23,24,25)/t9-,10+,11+,12-/m0/s1. The van der Waals surface area contributed by atoms with Gasteiger partial charge in [-0.2, -0.15) is 13.5 Å². The lowest BCUT2D eigenvalue weighted by molar-refractivity contribution is -0.140. The first-order valence-corrected chi connectivity index (χ1v) is 10.2. The molecule has 14 heteroatoms. The van der Waals surface area contributed by atoms with Crippen LogP contribution >= 0.6 is 0 Å². The summed E-state index contributed by atoms with van der Waals surface area (Å²) in [6.45, 7) is 0.538. The van der Waals surface area contributed by atoms with Crippen molar-refractivity contribution in [2.45, 2.75) is 37.4 Å². The number of carbonyl (C=O) groups excluding carboxylic acids is 2. The van der Waals surface area contributed by atoms with Crippen molar-refractivity contribution in [3.05, 3.63) is 0 Å². The van der Waals surface area contributed by atoms with Crippen LogP contribution < -0.4 is 5.48 Å². The number of hydrogen-bond donors (Lipinski definition) is 4. The average molecular weight is 424 g/mol. The molecule has 0 spiro atoms. The summed E-state index contributed by atoms with van der Waals surface area (Å²) < 4.78 is 34.9. The molecule has 3 heterocycles. The van der Waals surface area contributed by atoms with Crippen LogP contribution in [0.5, 0.6) is 0 Å². The summed E-state index contributed by atoms with van der Waals surface area (Å²) in [6.07, 6.45) is 1.20. The predicted molar refractivity (Wildman–Crippen MR) is 90.3 cm³/mol. The lowest BCUT2D eigenvalue weighted by Gasteiger charge is -2.29. The van der Waals surface area contributed by atoms with Crippen LogP contribution in [0.3, 0.4) is 0 Å². The molecule has 3 aliphatic rings. The molecule has 3 saturated heterocycles. The minimum atomic E-state index is -4.84. The maximum Gasteiger partial charge on any atom is 0.418 e. The van der Waals surface area contributed by atoms with E-state index >= 15 is 0 Å². The van der Waals surface area contributed by atoms with Crippen molar-refractivity contribution < 1.29 is 41.9 Å². The molecule has 2 bridgehead atoms. The highest BCUT2D eigenvalue weighted by atomic mass is 32.3. The van der Waals surface area contributed by atoms with E-state index in [0.29, 0.717) is 24.4 Å². The Bertz CT molecular complexity index is 705. The van der Waals surface area contributed by atoms with E-state index in [4.69, 9.17) is 9.39 Å². The van der Waals surface area contributed by atoms with Gasteiger partial charge in [0, 0.05) is 25.7 Å². The van der Waals surface area contributed by atoms with E-state index in [2.05, 4.69) is 9.76 Å². The zero-order valence-electron chi connectivity index (χ0n) is 15.0. The van der Waals surface area contributed by atoms with Crippen molar-refractivity contribution in [3.8, 4) is 0 Å². The number of urea groups is 1. The van der Waals surface area contributed by atoms with Gasteiger partial charge in [0.25, 0.3) is 5.91 Å². The number of nitrogens with zero attached hydrogens (tertiary/aromatic N) is 3. The number of hydroxylamine groups is 3. The third-order valence-electron chi connectivity index (χ3n) is 5.30. The van der Waals surface area contributed by atoms with E-state index in [-0.39, 0.29) is 44.9 Å². The van der Waals surface area contributed by atoms with Gasteiger partial charge in [0.05, 0.1) is 19.4 Å². The third-order valence-corrected chi connectivity index (χ3v) is 5.65. The van der Waals surface area contributed by atoms with Crippen LogP contribution in [0.4, 0.5) is 4.79 Å². The Kier molecular flexibility index (Phi) is 6.38. The van der Waals surface area contributed by atoms with Gasteiger partial charge in [-0.25, -0.2) is 10.3 Å². The Morgan fingerprint density at radius 2 is 2.00 bits per heavy atom. The molecule has 0 aromatic heterocycles. The summed E-state index contributed by atoms with van der Waals surface area (Å²) in [5.41, 5.74) is 2.29. The van der Waals surface area contributed by atoms with E-state index in [9.17, 15) is 28.2 Å². The number of fused-ring (bicyclic) bond motifs is 2. The first kappa shape index (κ1) is 21.2. The predicted octanol–water partition coefficient (Wildman–Crippen LogP) is -2.33. The smallest absolute Gasteiger partial charge is 0.396 e. The SMILES string of the molecule is O=C(NOC[C@H]1C[C@H](CO)CN1CO)[C@@H]1CC[C@@H]2CN1C(=O)N2OS(=O)(=O)O. The van der Waals surface area contributed by atoms with E-state index in [1.54, 1.807) is 4.90 Å². The Labute approximate surface area is 161 Å². The fourth-order valence-electron chi connectivity index (χ4n) is 3.95. The van der Waals surface area contributed by atoms with Gasteiger partial charge in [-0.1, -0.05) is 0 Å². The van der Waals surface area contributed by atoms with Crippen molar-refractivity contribution in [2.24, 2.45) is 5.92 Å². The molecule has 0 radical (unpaired) electrons. The summed E-state index contributed by atoms with van der Waals surface area (Å²) >= 11 is 0. The first-order valence-electron chi connectivity index (χ1n) is 8.87. The number of aliphatic hydroxyl groups is 2. The Morgan fingerprint density at radius 1 is 1.25 bits per heavy atom. The van der Waals surface area contributed by atoms with Gasteiger partial charge >= 0.3 is 16.4 Å². The number of rotatable bonds is 8. The quantitative estimate of drug-likeness (QED) is 0.245. The molecule has 3 rings (SSSR count). The molecule has 13 nitrogen and oxygen atoms in total. The molecule has 0 saturated carbocycles. The number of likely N-dealkylation sites (tertiary alicyclic amines) is 1.